The number of H-pyrrole nitrogens is 1. The van der Waals surface area contributed by atoms with Crippen molar-refractivity contribution >= 4 is 39.1 Å². The van der Waals surface area contributed by atoms with E-state index in [1.54, 1.807) is 0 Å². The molecule has 1 N–H and O–H groups in total. The number of benzene rings is 2. The first-order chi connectivity index (χ1) is 13.1. The van der Waals surface area contributed by atoms with E-state index in [9.17, 15) is 9.59 Å². The summed E-state index contributed by atoms with van der Waals surface area (Å²) in [6.07, 6.45) is 0. The first-order valence-electron chi connectivity index (χ1n) is 8.42. The second kappa shape index (κ2) is 7.50. The Morgan fingerprint density at radius 3 is 2.52 bits per heavy atom. The zero-order valence-electron chi connectivity index (χ0n) is 14.6. The molecule has 0 fully saturated rings. The molecule has 0 aliphatic rings. The molecule has 134 valence electrons. The third kappa shape index (κ3) is 3.86. The molecule has 0 radical (unpaired) electrons. The van der Waals surface area contributed by atoms with Gasteiger partial charge in [0.05, 0.1) is 11.1 Å². The minimum Gasteiger partial charge on any atom is -0.301 e. The Bertz CT molecular complexity index is 1160. The molecule has 2 aromatic carbocycles. The second-order valence-electron chi connectivity index (χ2n) is 6.10. The Morgan fingerprint density at radius 2 is 1.78 bits per heavy atom. The molecule has 4 rings (SSSR count). The number of aryl methyl sites for hydroxylation is 1. The predicted molar refractivity (Wildman–Crippen MR) is 112 cm³/mol. The minimum atomic E-state index is -0.161. The first kappa shape index (κ1) is 17.7. The summed E-state index contributed by atoms with van der Waals surface area (Å²) in [4.78, 5) is 33.5. The molecule has 0 atom stereocenters. The Hall–Kier alpha value is -2.70. The maximum Gasteiger partial charge on any atom is 0.260 e. The first-order valence-corrected chi connectivity index (χ1v) is 10.2. The molecule has 0 aliphatic carbocycles. The fourth-order valence-corrected chi connectivity index (χ4v) is 4.49. The number of Topliss-reactive ketones (excluding diaryl/α,β-unsaturated/α-hetero) is 1. The number of thioether (sulfide) groups is 1. The number of nitrogens with zero attached hydrogens (tertiary/aromatic N) is 1. The molecular formula is C21H16N2O2S2. The van der Waals surface area contributed by atoms with Crippen LogP contribution in [-0.2, 0) is 0 Å². The zero-order valence-corrected chi connectivity index (χ0v) is 16.2. The van der Waals surface area contributed by atoms with Crippen molar-refractivity contribution in [2.45, 2.75) is 12.1 Å². The summed E-state index contributed by atoms with van der Waals surface area (Å²) in [7, 11) is 0. The molecule has 2 heterocycles. The van der Waals surface area contributed by atoms with E-state index in [0.717, 1.165) is 16.0 Å². The lowest BCUT2D eigenvalue weighted by Crippen LogP contribution is -2.09. The van der Waals surface area contributed by atoms with Crippen LogP contribution in [0.25, 0.3) is 21.3 Å². The third-order valence-corrected chi connectivity index (χ3v) is 5.98. The summed E-state index contributed by atoms with van der Waals surface area (Å²) in [5, 5.41) is 1.08. The van der Waals surface area contributed by atoms with Crippen LogP contribution in [0.4, 0.5) is 0 Å². The Balaban J connectivity index is 1.47. The van der Waals surface area contributed by atoms with Crippen LogP contribution < -0.4 is 5.56 Å². The lowest BCUT2D eigenvalue weighted by atomic mass is 10.0. The highest BCUT2D eigenvalue weighted by atomic mass is 32.2. The van der Waals surface area contributed by atoms with E-state index < -0.39 is 0 Å². The van der Waals surface area contributed by atoms with E-state index in [-0.39, 0.29) is 17.1 Å². The summed E-state index contributed by atoms with van der Waals surface area (Å²) in [6, 6.07) is 19.5. The van der Waals surface area contributed by atoms with E-state index >= 15 is 0 Å². The van der Waals surface area contributed by atoms with Crippen LogP contribution in [0, 0.1) is 6.92 Å². The molecule has 27 heavy (non-hydrogen) atoms. The topological polar surface area (TPSA) is 62.8 Å². The van der Waals surface area contributed by atoms with Gasteiger partial charge in [-0.1, -0.05) is 66.4 Å². The number of aromatic nitrogens is 2. The number of nitrogens with one attached hydrogen (secondary N) is 1. The fraction of sp³-hybridized carbons (Fsp3) is 0.0952. The summed E-state index contributed by atoms with van der Waals surface area (Å²) < 4.78 is 0. The van der Waals surface area contributed by atoms with Crippen molar-refractivity contribution in [2.75, 3.05) is 5.75 Å². The predicted octanol–water partition coefficient (Wildman–Crippen LogP) is 4.94. The Kier molecular flexibility index (Phi) is 4.92. The minimum absolute atomic E-state index is 0.00437. The van der Waals surface area contributed by atoms with E-state index in [1.807, 2.05) is 67.6 Å². The zero-order chi connectivity index (χ0) is 18.8. The van der Waals surface area contributed by atoms with Gasteiger partial charge in [0, 0.05) is 10.4 Å². The van der Waals surface area contributed by atoms with Gasteiger partial charge in [-0.25, -0.2) is 4.98 Å². The monoisotopic (exact) mass is 392 g/mol. The third-order valence-electron chi connectivity index (χ3n) is 4.16. The van der Waals surface area contributed by atoms with Crippen LogP contribution in [0.1, 0.15) is 15.2 Å². The van der Waals surface area contributed by atoms with Gasteiger partial charge in [-0.3, -0.25) is 9.59 Å². The SMILES string of the molecule is Cc1cc2c(=O)[nH]c(SCC(=O)c3ccc(-c4ccccc4)cc3)nc2s1. The van der Waals surface area contributed by atoms with Gasteiger partial charge in [-0.05, 0) is 24.1 Å². The van der Waals surface area contributed by atoms with Gasteiger partial charge in [0.15, 0.2) is 10.9 Å². The van der Waals surface area contributed by atoms with Gasteiger partial charge in [-0.2, -0.15) is 0 Å². The van der Waals surface area contributed by atoms with Crippen LogP contribution in [0.15, 0.2) is 70.6 Å². The van der Waals surface area contributed by atoms with Gasteiger partial charge in [-0.15, -0.1) is 11.3 Å². The van der Waals surface area contributed by atoms with Crippen molar-refractivity contribution in [3.05, 3.63) is 81.5 Å². The highest BCUT2D eigenvalue weighted by Crippen LogP contribution is 2.24. The average Bonchev–Trinajstić information content (AvgIpc) is 3.08. The standard InChI is InChI=1S/C21H16N2O2S2/c1-13-11-17-19(25)22-21(23-20(17)27-13)26-12-18(24)16-9-7-15(8-10-16)14-5-3-2-4-6-14/h2-11H,12H2,1H3,(H,22,23,25). The molecule has 2 aromatic heterocycles. The van der Waals surface area contributed by atoms with E-state index in [2.05, 4.69) is 9.97 Å². The second-order valence-corrected chi connectivity index (χ2v) is 8.30. The van der Waals surface area contributed by atoms with Crippen LogP contribution >= 0.6 is 23.1 Å². The molecule has 6 heteroatoms. The van der Waals surface area contributed by atoms with Crippen LogP contribution in [0.2, 0.25) is 0 Å². The summed E-state index contributed by atoms with van der Waals surface area (Å²) in [5.41, 5.74) is 2.68. The number of aromatic amines is 1. The van der Waals surface area contributed by atoms with Crippen LogP contribution in [0.3, 0.4) is 0 Å². The van der Waals surface area contributed by atoms with Crippen LogP contribution in [0.5, 0.6) is 0 Å². The molecule has 0 amide bonds. The molecule has 0 saturated heterocycles. The molecule has 0 aliphatic heterocycles. The highest BCUT2D eigenvalue weighted by Gasteiger charge is 2.11. The van der Waals surface area contributed by atoms with Crippen molar-refractivity contribution in [3.63, 3.8) is 0 Å². The number of hydrogen-bond acceptors (Lipinski definition) is 5. The smallest absolute Gasteiger partial charge is 0.260 e. The largest absolute Gasteiger partial charge is 0.301 e. The average molecular weight is 393 g/mol. The molecular weight excluding hydrogens is 376 g/mol. The van der Waals surface area contributed by atoms with E-state index in [0.29, 0.717) is 20.9 Å². The lowest BCUT2D eigenvalue weighted by Gasteiger charge is -2.04. The van der Waals surface area contributed by atoms with Crippen LogP contribution in [-0.4, -0.2) is 21.5 Å². The maximum absolute atomic E-state index is 12.5. The van der Waals surface area contributed by atoms with Crippen molar-refractivity contribution in [1.29, 1.82) is 0 Å². The van der Waals surface area contributed by atoms with Crippen molar-refractivity contribution in [2.24, 2.45) is 0 Å². The molecule has 4 aromatic rings. The van der Waals surface area contributed by atoms with Gasteiger partial charge >= 0.3 is 0 Å². The van der Waals surface area contributed by atoms with Gasteiger partial charge < -0.3 is 4.98 Å². The van der Waals surface area contributed by atoms with Crippen molar-refractivity contribution < 1.29 is 4.79 Å². The number of carbonyl (C=O) groups excluding carboxylic acids is 1. The maximum atomic E-state index is 12.5. The van der Waals surface area contributed by atoms with E-state index in [1.165, 1.54) is 23.1 Å². The molecule has 0 saturated carbocycles. The molecule has 4 nitrogen and oxygen atoms in total. The molecule has 0 unspecified atom stereocenters. The highest BCUT2D eigenvalue weighted by molar-refractivity contribution is 7.99. The van der Waals surface area contributed by atoms with Crippen molar-refractivity contribution in [1.82, 2.24) is 9.97 Å². The fourth-order valence-electron chi connectivity index (χ4n) is 2.80. The van der Waals surface area contributed by atoms with Gasteiger partial charge in [0.25, 0.3) is 5.56 Å². The lowest BCUT2D eigenvalue weighted by molar-refractivity contribution is 0.102. The molecule has 0 bridgehead atoms. The van der Waals surface area contributed by atoms with E-state index in [4.69, 9.17) is 0 Å². The number of hydrogen-bond donors (Lipinski definition) is 1. The Labute approximate surface area is 164 Å². The van der Waals surface area contributed by atoms with Gasteiger partial charge in [0.2, 0.25) is 0 Å². The summed E-state index contributed by atoms with van der Waals surface area (Å²) in [5.74, 6) is 0.230. The molecule has 0 spiro atoms. The Morgan fingerprint density at radius 1 is 1.07 bits per heavy atom. The number of thiophene rings is 1. The normalized spacial score (nSPS) is 11.0. The number of rotatable bonds is 5. The van der Waals surface area contributed by atoms with Gasteiger partial charge in [0.1, 0.15) is 4.83 Å². The summed E-state index contributed by atoms with van der Waals surface area (Å²) >= 11 is 2.73. The number of carbonyl (C=O) groups is 1. The van der Waals surface area contributed by atoms with Crippen molar-refractivity contribution in [3.8, 4) is 11.1 Å². The number of ketones is 1. The summed E-state index contributed by atoms with van der Waals surface area (Å²) in [6.45, 7) is 1.95. The quantitative estimate of drug-likeness (QED) is 0.297. The number of fused-ring (bicyclic) bond motifs is 1.